The van der Waals surface area contributed by atoms with E-state index in [-0.39, 0.29) is 6.10 Å². The van der Waals surface area contributed by atoms with E-state index in [0.29, 0.717) is 5.92 Å². The van der Waals surface area contributed by atoms with Gasteiger partial charge < -0.3 is 15.0 Å². The largest absolute Gasteiger partial charge is 0.369 e. The van der Waals surface area contributed by atoms with E-state index in [1.165, 1.54) is 0 Å². The van der Waals surface area contributed by atoms with Crippen LogP contribution in [-0.2, 0) is 4.74 Å². The zero-order valence-electron chi connectivity index (χ0n) is 13.3. The van der Waals surface area contributed by atoms with Crippen molar-refractivity contribution in [2.75, 3.05) is 38.6 Å². The van der Waals surface area contributed by atoms with E-state index < -0.39 is 0 Å². The Kier molecular flexibility index (Phi) is 5.96. The van der Waals surface area contributed by atoms with Crippen molar-refractivity contribution in [3.05, 3.63) is 16.0 Å². The van der Waals surface area contributed by atoms with Crippen LogP contribution in [0.2, 0.25) is 0 Å². The Morgan fingerprint density at radius 2 is 2.19 bits per heavy atom. The van der Waals surface area contributed by atoms with E-state index in [4.69, 9.17) is 14.7 Å². The maximum Gasteiger partial charge on any atom is 0.161 e. The number of hydrogen-bond acceptors (Lipinski definition) is 5. The molecule has 1 saturated heterocycles. The molecule has 1 aliphatic heterocycles. The Balaban J connectivity index is 2.33. The third kappa shape index (κ3) is 4.14. The van der Waals surface area contributed by atoms with Gasteiger partial charge in [0.15, 0.2) is 5.82 Å². The summed E-state index contributed by atoms with van der Waals surface area (Å²) in [4.78, 5) is 11.7. The summed E-state index contributed by atoms with van der Waals surface area (Å²) in [7, 11) is 2.11. The summed E-state index contributed by atoms with van der Waals surface area (Å²) in [6.07, 6.45) is 1.02. The van der Waals surface area contributed by atoms with Crippen LogP contribution in [0.3, 0.4) is 0 Å². The van der Waals surface area contributed by atoms with Crippen molar-refractivity contribution < 1.29 is 4.74 Å². The minimum absolute atomic E-state index is 0.0449. The number of halogens is 1. The molecule has 0 bridgehead atoms. The Morgan fingerprint density at radius 1 is 1.43 bits per heavy atom. The van der Waals surface area contributed by atoms with E-state index >= 15 is 0 Å². The lowest BCUT2D eigenvalue weighted by Crippen LogP contribution is -2.36. The molecule has 1 aromatic rings. The number of morpholine rings is 1. The number of nitrogens with zero attached hydrogens (tertiary/aromatic N) is 3. The van der Waals surface area contributed by atoms with Gasteiger partial charge in [0.05, 0.1) is 16.8 Å². The van der Waals surface area contributed by atoms with Crippen molar-refractivity contribution in [1.29, 1.82) is 0 Å². The second kappa shape index (κ2) is 7.51. The standard InChI is InChI=1S/C15H25BrN4O/c1-5-6-17-15-12(16)13(10(2)3)18-14(19-15)11-9-20(4)7-8-21-11/h10-11H,5-9H2,1-4H3,(H,17,18,19). The normalized spacial score (nSPS) is 20.0. The molecule has 1 N–H and O–H groups in total. The average Bonchev–Trinajstić information content (AvgIpc) is 2.46. The van der Waals surface area contributed by atoms with Gasteiger partial charge >= 0.3 is 0 Å². The highest BCUT2D eigenvalue weighted by Gasteiger charge is 2.25. The summed E-state index contributed by atoms with van der Waals surface area (Å²) >= 11 is 3.64. The molecule has 21 heavy (non-hydrogen) atoms. The molecule has 0 aliphatic carbocycles. The molecular formula is C15H25BrN4O. The first-order valence-corrected chi connectivity index (χ1v) is 8.43. The second-order valence-corrected chi connectivity index (χ2v) is 6.63. The summed E-state index contributed by atoms with van der Waals surface area (Å²) in [5, 5.41) is 3.38. The van der Waals surface area contributed by atoms with Crippen molar-refractivity contribution in [2.45, 2.75) is 39.2 Å². The second-order valence-electron chi connectivity index (χ2n) is 5.83. The van der Waals surface area contributed by atoms with Crippen molar-refractivity contribution in [3.8, 4) is 0 Å². The van der Waals surface area contributed by atoms with E-state index in [0.717, 1.165) is 54.5 Å². The van der Waals surface area contributed by atoms with Gasteiger partial charge in [-0.25, -0.2) is 9.97 Å². The Morgan fingerprint density at radius 3 is 2.81 bits per heavy atom. The van der Waals surface area contributed by atoms with Crippen LogP contribution in [0, 0.1) is 0 Å². The fraction of sp³-hybridized carbons (Fsp3) is 0.733. The first-order chi connectivity index (χ1) is 10.0. The fourth-order valence-electron chi connectivity index (χ4n) is 2.30. The highest BCUT2D eigenvalue weighted by molar-refractivity contribution is 9.10. The number of hydrogen-bond donors (Lipinski definition) is 1. The maximum absolute atomic E-state index is 5.86. The SMILES string of the molecule is CCCNc1nc(C2CN(C)CCO2)nc(C(C)C)c1Br. The van der Waals surface area contributed by atoms with Gasteiger partial charge in [-0.2, -0.15) is 0 Å². The van der Waals surface area contributed by atoms with Crippen molar-refractivity contribution in [1.82, 2.24) is 14.9 Å². The van der Waals surface area contributed by atoms with Gasteiger partial charge in [0.2, 0.25) is 0 Å². The number of rotatable bonds is 5. The number of anilines is 1. The monoisotopic (exact) mass is 356 g/mol. The van der Waals surface area contributed by atoms with Gasteiger partial charge in [0.1, 0.15) is 11.9 Å². The number of nitrogens with one attached hydrogen (secondary N) is 1. The van der Waals surface area contributed by atoms with Gasteiger partial charge in [-0.1, -0.05) is 20.8 Å². The van der Waals surface area contributed by atoms with Gasteiger partial charge in [0.25, 0.3) is 0 Å². The first-order valence-electron chi connectivity index (χ1n) is 7.64. The van der Waals surface area contributed by atoms with Crippen LogP contribution < -0.4 is 5.32 Å². The van der Waals surface area contributed by atoms with Crippen LogP contribution in [0.4, 0.5) is 5.82 Å². The molecule has 1 unspecified atom stereocenters. The smallest absolute Gasteiger partial charge is 0.161 e. The lowest BCUT2D eigenvalue weighted by atomic mass is 10.1. The maximum atomic E-state index is 5.86. The minimum Gasteiger partial charge on any atom is -0.369 e. The highest BCUT2D eigenvalue weighted by Crippen LogP contribution is 2.31. The molecule has 1 fully saturated rings. The molecule has 1 atom stereocenters. The van der Waals surface area contributed by atoms with Crippen molar-refractivity contribution in [3.63, 3.8) is 0 Å². The molecule has 0 spiro atoms. The number of ether oxygens (including phenoxy) is 1. The Hall–Kier alpha value is -0.720. The van der Waals surface area contributed by atoms with Crippen LogP contribution in [-0.4, -0.2) is 48.2 Å². The third-order valence-corrected chi connectivity index (χ3v) is 4.32. The first kappa shape index (κ1) is 16.6. The summed E-state index contributed by atoms with van der Waals surface area (Å²) in [6, 6.07) is 0. The van der Waals surface area contributed by atoms with Gasteiger partial charge in [-0.3, -0.25) is 0 Å². The third-order valence-electron chi connectivity index (χ3n) is 3.54. The van der Waals surface area contributed by atoms with E-state index in [9.17, 15) is 0 Å². The molecule has 6 heteroatoms. The predicted molar refractivity (Wildman–Crippen MR) is 88.8 cm³/mol. The summed E-state index contributed by atoms with van der Waals surface area (Å²) < 4.78 is 6.83. The predicted octanol–water partition coefficient (Wildman–Crippen LogP) is 3.19. The van der Waals surface area contributed by atoms with Gasteiger partial charge in [-0.05, 0) is 35.3 Å². The van der Waals surface area contributed by atoms with Crippen molar-refractivity contribution in [2.24, 2.45) is 0 Å². The zero-order valence-corrected chi connectivity index (χ0v) is 14.9. The molecule has 1 aromatic heterocycles. The summed E-state index contributed by atoms with van der Waals surface area (Å²) in [5.41, 5.74) is 1.04. The molecule has 2 rings (SSSR count). The zero-order chi connectivity index (χ0) is 15.4. The molecular weight excluding hydrogens is 332 g/mol. The van der Waals surface area contributed by atoms with E-state index in [1.54, 1.807) is 0 Å². The van der Waals surface area contributed by atoms with E-state index in [1.807, 2.05) is 0 Å². The molecule has 2 heterocycles. The topological polar surface area (TPSA) is 50.3 Å². The van der Waals surface area contributed by atoms with Crippen LogP contribution >= 0.6 is 15.9 Å². The average molecular weight is 357 g/mol. The van der Waals surface area contributed by atoms with Gasteiger partial charge in [-0.15, -0.1) is 0 Å². The van der Waals surface area contributed by atoms with Crippen molar-refractivity contribution >= 4 is 21.7 Å². The Labute approximate surface area is 135 Å². The van der Waals surface area contributed by atoms with Crippen LogP contribution in [0.25, 0.3) is 0 Å². The summed E-state index contributed by atoms with van der Waals surface area (Å²) in [5.74, 6) is 2.00. The van der Waals surface area contributed by atoms with Gasteiger partial charge in [0, 0.05) is 19.6 Å². The lowest BCUT2D eigenvalue weighted by molar-refractivity contribution is -0.0255. The van der Waals surface area contributed by atoms with Crippen LogP contribution in [0.5, 0.6) is 0 Å². The summed E-state index contributed by atoms with van der Waals surface area (Å²) in [6.45, 7) is 9.87. The Bertz CT molecular complexity index is 481. The molecule has 0 radical (unpaired) electrons. The molecule has 118 valence electrons. The molecule has 0 saturated carbocycles. The molecule has 0 aromatic carbocycles. The van der Waals surface area contributed by atoms with Crippen LogP contribution in [0.15, 0.2) is 4.47 Å². The van der Waals surface area contributed by atoms with E-state index in [2.05, 4.69) is 54.0 Å². The molecule has 0 amide bonds. The number of likely N-dealkylation sites (N-methyl/N-ethyl adjacent to an activating group) is 1. The number of aromatic nitrogens is 2. The minimum atomic E-state index is -0.0449. The highest BCUT2D eigenvalue weighted by atomic mass is 79.9. The molecule has 1 aliphatic rings. The quantitative estimate of drug-likeness (QED) is 0.877. The lowest BCUT2D eigenvalue weighted by Gasteiger charge is -2.29. The fourth-order valence-corrected chi connectivity index (χ4v) is 3.08. The van der Waals surface area contributed by atoms with Crippen LogP contribution in [0.1, 0.15) is 50.7 Å². The molecule has 5 nitrogen and oxygen atoms in total.